The number of oxazole rings is 1. The lowest BCUT2D eigenvalue weighted by Crippen LogP contribution is -2.12. The van der Waals surface area contributed by atoms with Crippen LogP contribution in [0.1, 0.15) is 24.9 Å². The number of fused-ring (bicyclic) bond motifs is 1. The first-order valence-corrected chi connectivity index (χ1v) is 6.74. The van der Waals surface area contributed by atoms with Crippen LogP contribution < -0.4 is 5.32 Å². The van der Waals surface area contributed by atoms with Crippen LogP contribution >= 0.6 is 0 Å². The molecule has 0 radical (unpaired) electrons. The maximum absolute atomic E-state index is 13.9. The molecule has 0 bridgehead atoms. The van der Waals surface area contributed by atoms with Gasteiger partial charge in [-0.25, -0.2) is 8.78 Å². The molecule has 5 heteroatoms. The van der Waals surface area contributed by atoms with E-state index in [0.29, 0.717) is 18.0 Å². The molecule has 1 aromatic heterocycles. The molecule has 1 N–H and O–H groups in total. The van der Waals surface area contributed by atoms with Crippen molar-refractivity contribution in [2.75, 3.05) is 5.32 Å². The number of anilines is 1. The van der Waals surface area contributed by atoms with Gasteiger partial charge in [-0.3, -0.25) is 0 Å². The Hall–Kier alpha value is -2.43. The highest BCUT2D eigenvalue weighted by atomic mass is 19.1. The first-order valence-electron chi connectivity index (χ1n) is 6.74. The molecule has 0 saturated carbocycles. The number of benzene rings is 2. The summed E-state index contributed by atoms with van der Waals surface area (Å²) < 4.78 is 32.7. The monoisotopic (exact) mass is 288 g/mol. The van der Waals surface area contributed by atoms with Gasteiger partial charge >= 0.3 is 0 Å². The van der Waals surface area contributed by atoms with Crippen molar-refractivity contribution in [1.82, 2.24) is 4.98 Å². The summed E-state index contributed by atoms with van der Waals surface area (Å²) in [5, 5.41) is 3.02. The molecule has 3 rings (SSSR count). The van der Waals surface area contributed by atoms with Crippen molar-refractivity contribution in [3.8, 4) is 0 Å². The third-order valence-corrected chi connectivity index (χ3v) is 3.33. The lowest BCUT2D eigenvalue weighted by atomic mass is 10.0. The molecule has 0 fully saturated rings. The predicted octanol–water partition coefficient (Wildman–Crippen LogP) is 4.67. The Morgan fingerprint density at radius 3 is 2.76 bits per heavy atom. The second-order valence-corrected chi connectivity index (χ2v) is 4.76. The van der Waals surface area contributed by atoms with Gasteiger partial charge in [0, 0.05) is 5.56 Å². The molecule has 0 aliphatic carbocycles. The third-order valence-electron chi connectivity index (χ3n) is 3.33. The van der Waals surface area contributed by atoms with E-state index >= 15 is 0 Å². The van der Waals surface area contributed by atoms with E-state index in [2.05, 4.69) is 10.3 Å². The topological polar surface area (TPSA) is 38.1 Å². The summed E-state index contributed by atoms with van der Waals surface area (Å²) in [5.41, 5.74) is 1.63. The van der Waals surface area contributed by atoms with Crippen molar-refractivity contribution in [2.45, 2.75) is 19.4 Å². The molecule has 0 saturated heterocycles. The Morgan fingerprint density at radius 2 is 2.00 bits per heavy atom. The smallest absolute Gasteiger partial charge is 0.296 e. The number of aromatic nitrogens is 1. The SMILES string of the molecule is CCC(Nc1nc2ccccc2o1)c1cc(F)ccc1F. The molecule has 0 amide bonds. The van der Waals surface area contributed by atoms with Gasteiger partial charge in [-0.05, 0) is 36.8 Å². The van der Waals surface area contributed by atoms with Crippen molar-refractivity contribution < 1.29 is 13.2 Å². The lowest BCUT2D eigenvalue weighted by molar-refractivity contribution is 0.552. The first kappa shape index (κ1) is 13.5. The van der Waals surface area contributed by atoms with Crippen LogP contribution in [0.3, 0.4) is 0 Å². The minimum Gasteiger partial charge on any atom is -0.424 e. The Labute approximate surface area is 120 Å². The maximum Gasteiger partial charge on any atom is 0.296 e. The first-order chi connectivity index (χ1) is 10.2. The average molecular weight is 288 g/mol. The summed E-state index contributed by atoms with van der Waals surface area (Å²) in [6, 6.07) is 10.6. The Morgan fingerprint density at radius 1 is 1.19 bits per heavy atom. The number of halogens is 2. The van der Waals surface area contributed by atoms with Crippen molar-refractivity contribution in [2.24, 2.45) is 0 Å². The molecule has 0 aliphatic rings. The van der Waals surface area contributed by atoms with Crippen LogP contribution in [0.25, 0.3) is 11.1 Å². The highest BCUT2D eigenvalue weighted by Gasteiger charge is 2.17. The molecule has 3 nitrogen and oxygen atoms in total. The number of para-hydroxylation sites is 2. The number of hydrogen-bond acceptors (Lipinski definition) is 3. The van der Waals surface area contributed by atoms with Gasteiger partial charge in [0.25, 0.3) is 6.01 Å². The molecule has 1 heterocycles. The van der Waals surface area contributed by atoms with Crippen molar-refractivity contribution in [3.63, 3.8) is 0 Å². The normalized spacial score (nSPS) is 12.5. The average Bonchev–Trinajstić information content (AvgIpc) is 2.90. The summed E-state index contributed by atoms with van der Waals surface area (Å²) >= 11 is 0. The molecule has 1 unspecified atom stereocenters. The summed E-state index contributed by atoms with van der Waals surface area (Å²) in [4.78, 5) is 4.28. The predicted molar refractivity (Wildman–Crippen MR) is 77.0 cm³/mol. The van der Waals surface area contributed by atoms with Crippen LogP contribution in [0.2, 0.25) is 0 Å². The number of hydrogen-bond donors (Lipinski definition) is 1. The minimum absolute atomic E-state index is 0.264. The molecule has 1 atom stereocenters. The quantitative estimate of drug-likeness (QED) is 0.758. The fourth-order valence-electron chi connectivity index (χ4n) is 2.26. The van der Waals surface area contributed by atoms with Crippen molar-refractivity contribution >= 4 is 17.1 Å². The number of rotatable bonds is 4. The second kappa shape index (κ2) is 5.52. The zero-order chi connectivity index (χ0) is 14.8. The third kappa shape index (κ3) is 2.72. The van der Waals surface area contributed by atoms with Crippen LogP contribution in [0.4, 0.5) is 14.8 Å². The fraction of sp³-hybridized carbons (Fsp3) is 0.188. The van der Waals surface area contributed by atoms with Gasteiger partial charge < -0.3 is 9.73 Å². The highest BCUT2D eigenvalue weighted by Crippen LogP contribution is 2.27. The molecular weight excluding hydrogens is 274 g/mol. The molecular formula is C16H14F2N2O. The summed E-state index contributed by atoms with van der Waals surface area (Å²) in [7, 11) is 0. The molecule has 0 aliphatic heterocycles. The van der Waals surface area contributed by atoms with Crippen LogP contribution in [-0.2, 0) is 0 Å². The van der Waals surface area contributed by atoms with Gasteiger partial charge in [-0.2, -0.15) is 4.98 Å². The zero-order valence-electron chi connectivity index (χ0n) is 11.4. The van der Waals surface area contributed by atoms with Gasteiger partial charge in [0.1, 0.15) is 17.2 Å². The Kier molecular flexibility index (Phi) is 3.56. The van der Waals surface area contributed by atoms with E-state index in [0.717, 1.165) is 17.6 Å². The lowest BCUT2D eigenvalue weighted by Gasteiger charge is -2.16. The molecule has 108 valence electrons. The summed E-state index contributed by atoms with van der Waals surface area (Å²) in [6.07, 6.45) is 0.569. The van der Waals surface area contributed by atoms with Crippen molar-refractivity contribution in [3.05, 3.63) is 59.7 Å². The van der Waals surface area contributed by atoms with E-state index in [4.69, 9.17) is 4.42 Å². The largest absolute Gasteiger partial charge is 0.424 e. The second-order valence-electron chi connectivity index (χ2n) is 4.76. The Bertz CT molecular complexity index is 737. The van der Waals surface area contributed by atoms with Gasteiger partial charge in [0.05, 0.1) is 6.04 Å². The van der Waals surface area contributed by atoms with E-state index in [1.54, 1.807) is 6.07 Å². The summed E-state index contributed by atoms with van der Waals surface area (Å²) in [6.45, 7) is 1.88. The van der Waals surface area contributed by atoms with Gasteiger partial charge in [0.2, 0.25) is 0 Å². The van der Waals surface area contributed by atoms with Crippen molar-refractivity contribution in [1.29, 1.82) is 0 Å². The standard InChI is InChI=1S/C16H14F2N2O/c1-2-13(11-9-10(17)7-8-12(11)18)19-16-20-14-5-3-4-6-15(14)21-16/h3-9,13H,2H2,1H3,(H,19,20). The highest BCUT2D eigenvalue weighted by molar-refractivity contribution is 5.74. The van der Waals surface area contributed by atoms with E-state index in [9.17, 15) is 8.78 Å². The van der Waals surface area contributed by atoms with Gasteiger partial charge in [-0.15, -0.1) is 0 Å². The van der Waals surface area contributed by atoms with E-state index < -0.39 is 17.7 Å². The number of nitrogens with zero attached hydrogens (tertiary/aromatic N) is 1. The molecule has 0 spiro atoms. The zero-order valence-corrected chi connectivity index (χ0v) is 11.4. The van der Waals surface area contributed by atoms with Gasteiger partial charge in [0.15, 0.2) is 5.58 Å². The van der Waals surface area contributed by atoms with Crippen LogP contribution in [0, 0.1) is 11.6 Å². The minimum atomic E-state index is -0.468. The molecule has 2 aromatic carbocycles. The van der Waals surface area contributed by atoms with E-state index in [1.165, 1.54) is 6.07 Å². The molecule has 21 heavy (non-hydrogen) atoms. The maximum atomic E-state index is 13.9. The van der Waals surface area contributed by atoms with E-state index in [-0.39, 0.29) is 5.56 Å². The Balaban J connectivity index is 1.91. The van der Waals surface area contributed by atoms with Crippen LogP contribution in [0.15, 0.2) is 46.9 Å². The summed E-state index contributed by atoms with van der Waals surface area (Å²) in [5.74, 6) is -0.920. The van der Waals surface area contributed by atoms with Crippen LogP contribution in [-0.4, -0.2) is 4.98 Å². The van der Waals surface area contributed by atoms with Crippen LogP contribution in [0.5, 0.6) is 0 Å². The number of nitrogens with one attached hydrogen (secondary N) is 1. The fourth-order valence-corrected chi connectivity index (χ4v) is 2.26. The molecule has 3 aromatic rings. The van der Waals surface area contributed by atoms with E-state index in [1.807, 2.05) is 25.1 Å². The van der Waals surface area contributed by atoms with Gasteiger partial charge in [-0.1, -0.05) is 19.1 Å².